The molecule has 27 heavy (non-hydrogen) atoms. The van der Waals surface area contributed by atoms with Crippen molar-refractivity contribution in [1.82, 2.24) is 4.57 Å². The van der Waals surface area contributed by atoms with Gasteiger partial charge in [0.15, 0.2) is 0 Å². The van der Waals surface area contributed by atoms with Crippen molar-refractivity contribution in [2.45, 2.75) is 19.8 Å². The SMILES string of the molecule is CC1(C2=CCCC=C2)C=Cc2c(n(-c3ccccc3)c3ccccc23)C=C1. The maximum absolute atomic E-state index is 2.38. The minimum absolute atomic E-state index is 0.0709. The lowest BCUT2D eigenvalue weighted by molar-refractivity contribution is 0.678. The molecule has 2 aliphatic carbocycles. The van der Waals surface area contributed by atoms with Crippen molar-refractivity contribution in [1.29, 1.82) is 0 Å². The quantitative estimate of drug-likeness (QED) is 0.471. The number of aromatic nitrogens is 1. The first-order chi connectivity index (χ1) is 13.3. The summed E-state index contributed by atoms with van der Waals surface area (Å²) < 4.78 is 2.38. The fraction of sp³-hybridized carbons (Fsp3) is 0.154. The third kappa shape index (κ3) is 2.62. The summed E-state index contributed by atoms with van der Waals surface area (Å²) in [6, 6.07) is 19.3. The van der Waals surface area contributed by atoms with Gasteiger partial charge in [0.05, 0.1) is 11.2 Å². The molecule has 2 aromatic carbocycles. The summed E-state index contributed by atoms with van der Waals surface area (Å²) in [7, 11) is 0. The van der Waals surface area contributed by atoms with Gasteiger partial charge in [-0.15, -0.1) is 0 Å². The summed E-state index contributed by atoms with van der Waals surface area (Å²) in [6.07, 6.45) is 18.6. The highest BCUT2D eigenvalue weighted by atomic mass is 15.0. The lowest BCUT2D eigenvalue weighted by Gasteiger charge is -2.25. The molecule has 0 radical (unpaired) electrons. The van der Waals surface area contributed by atoms with Crippen molar-refractivity contribution in [3.63, 3.8) is 0 Å². The van der Waals surface area contributed by atoms with E-state index in [2.05, 4.69) is 109 Å². The Kier molecular flexibility index (Phi) is 3.75. The lowest BCUT2D eigenvalue weighted by Crippen LogP contribution is -2.12. The van der Waals surface area contributed by atoms with Crippen LogP contribution in [0.15, 0.2) is 90.6 Å². The number of nitrogens with zero attached hydrogens (tertiary/aromatic N) is 1. The molecule has 0 amide bonds. The van der Waals surface area contributed by atoms with Gasteiger partial charge in [-0.2, -0.15) is 0 Å². The van der Waals surface area contributed by atoms with Crippen LogP contribution in [0, 0.1) is 5.41 Å². The van der Waals surface area contributed by atoms with E-state index in [9.17, 15) is 0 Å². The summed E-state index contributed by atoms with van der Waals surface area (Å²) in [5, 5.41) is 1.30. The molecule has 0 N–H and O–H groups in total. The Hall–Kier alpha value is -3.06. The Morgan fingerprint density at radius 2 is 1.59 bits per heavy atom. The maximum Gasteiger partial charge on any atom is 0.0541 e. The van der Waals surface area contributed by atoms with Crippen LogP contribution in [0.5, 0.6) is 0 Å². The second kappa shape index (κ2) is 6.28. The van der Waals surface area contributed by atoms with Crippen LogP contribution in [-0.2, 0) is 0 Å². The zero-order valence-corrected chi connectivity index (χ0v) is 15.6. The normalized spacial score (nSPS) is 21.1. The van der Waals surface area contributed by atoms with Crippen molar-refractivity contribution in [2.24, 2.45) is 5.41 Å². The van der Waals surface area contributed by atoms with E-state index in [0.717, 1.165) is 12.8 Å². The van der Waals surface area contributed by atoms with Crippen LogP contribution in [-0.4, -0.2) is 4.57 Å². The molecule has 1 unspecified atom stereocenters. The van der Waals surface area contributed by atoms with Crippen molar-refractivity contribution in [3.05, 3.63) is 102 Å². The molecule has 3 aromatic rings. The van der Waals surface area contributed by atoms with Crippen LogP contribution in [0.25, 0.3) is 28.7 Å². The Bertz CT molecular complexity index is 1120. The third-order valence-electron chi connectivity index (χ3n) is 5.77. The fourth-order valence-electron chi connectivity index (χ4n) is 4.25. The van der Waals surface area contributed by atoms with Gasteiger partial charge in [-0.3, -0.25) is 0 Å². The molecule has 5 rings (SSSR count). The van der Waals surface area contributed by atoms with Gasteiger partial charge in [0.2, 0.25) is 0 Å². The van der Waals surface area contributed by atoms with Gasteiger partial charge in [-0.1, -0.05) is 72.9 Å². The number of hydrogen-bond donors (Lipinski definition) is 0. The Labute approximate surface area is 160 Å². The van der Waals surface area contributed by atoms with Crippen molar-refractivity contribution < 1.29 is 0 Å². The van der Waals surface area contributed by atoms with Crippen LogP contribution in [0.3, 0.4) is 0 Å². The molecular formula is C26H23N. The van der Waals surface area contributed by atoms with E-state index < -0.39 is 0 Å². The van der Waals surface area contributed by atoms with Gasteiger partial charge in [-0.25, -0.2) is 0 Å². The number of rotatable bonds is 2. The largest absolute Gasteiger partial charge is 0.309 e. The first-order valence-electron chi connectivity index (χ1n) is 9.71. The van der Waals surface area contributed by atoms with Gasteiger partial charge in [0.1, 0.15) is 0 Å². The molecule has 0 bridgehead atoms. The number of fused-ring (bicyclic) bond motifs is 3. The monoisotopic (exact) mass is 349 g/mol. The summed E-state index contributed by atoms with van der Waals surface area (Å²) in [5.74, 6) is 0. The highest BCUT2D eigenvalue weighted by Crippen LogP contribution is 2.40. The van der Waals surface area contributed by atoms with E-state index in [1.54, 1.807) is 0 Å². The van der Waals surface area contributed by atoms with Crippen molar-refractivity contribution in [2.75, 3.05) is 0 Å². The second-order valence-corrected chi connectivity index (χ2v) is 7.58. The number of allylic oxidation sites excluding steroid dienone is 6. The highest BCUT2D eigenvalue weighted by Gasteiger charge is 2.26. The van der Waals surface area contributed by atoms with Gasteiger partial charge in [0, 0.05) is 22.1 Å². The molecular weight excluding hydrogens is 326 g/mol. The van der Waals surface area contributed by atoms with E-state index in [1.165, 1.54) is 33.4 Å². The van der Waals surface area contributed by atoms with Gasteiger partial charge >= 0.3 is 0 Å². The Balaban J connectivity index is 1.74. The molecule has 0 spiro atoms. The predicted molar refractivity (Wildman–Crippen MR) is 116 cm³/mol. The molecule has 1 heterocycles. The van der Waals surface area contributed by atoms with Crippen LogP contribution in [0.4, 0.5) is 0 Å². The molecule has 0 aliphatic heterocycles. The Morgan fingerprint density at radius 3 is 2.41 bits per heavy atom. The summed E-state index contributed by atoms with van der Waals surface area (Å²) >= 11 is 0. The average molecular weight is 349 g/mol. The Morgan fingerprint density at radius 1 is 0.815 bits per heavy atom. The first kappa shape index (κ1) is 16.1. The van der Waals surface area contributed by atoms with Crippen LogP contribution in [0.2, 0.25) is 0 Å². The molecule has 1 aromatic heterocycles. The van der Waals surface area contributed by atoms with Crippen LogP contribution in [0.1, 0.15) is 31.0 Å². The van der Waals surface area contributed by atoms with Gasteiger partial charge in [0.25, 0.3) is 0 Å². The summed E-state index contributed by atoms with van der Waals surface area (Å²) in [5.41, 5.74) is 6.33. The number of para-hydroxylation sites is 2. The molecule has 0 saturated heterocycles. The molecule has 2 aliphatic rings. The number of benzene rings is 2. The summed E-state index contributed by atoms with van der Waals surface area (Å²) in [6.45, 7) is 2.31. The standard InChI is InChI=1S/C26H23N/c1-26(20-10-4-2-5-11-20)18-16-23-22-14-8-9-15-24(22)27(25(23)17-19-26)21-12-6-3-7-13-21/h3-4,6-19H,2,5H2,1H3. The van der Waals surface area contributed by atoms with E-state index in [-0.39, 0.29) is 5.41 Å². The predicted octanol–water partition coefficient (Wildman–Crippen LogP) is 6.95. The molecule has 0 saturated carbocycles. The topological polar surface area (TPSA) is 4.93 Å². The van der Waals surface area contributed by atoms with E-state index in [4.69, 9.17) is 0 Å². The minimum Gasteiger partial charge on any atom is -0.309 e. The van der Waals surface area contributed by atoms with Crippen molar-refractivity contribution in [3.8, 4) is 5.69 Å². The van der Waals surface area contributed by atoms with E-state index >= 15 is 0 Å². The molecule has 132 valence electrons. The zero-order valence-electron chi connectivity index (χ0n) is 15.6. The number of hydrogen-bond acceptors (Lipinski definition) is 0. The highest BCUT2D eigenvalue weighted by molar-refractivity contribution is 5.96. The molecule has 1 nitrogen and oxygen atoms in total. The minimum atomic E-state index is -0.0709. The van der Waals surface area contributed by atoms with Gasteiger partial charge < -0.3 is 4.57 Å². The maximum atomic E-state index is 2.38. The smallest absolute Gasteiger partial charge is 0.0541 e. The fourth-order valence-corrected chi connectivity index (χ4v) is 4.25. The van der Waals surface area contributed by atoms with Gasteiger partial charge in [-0.05, 0) is 49.6 Å². The zero-order chi connectivity index (χ0) is 18.3. The third-order valence-corrected chi connectivity index (χ3v) is 5.77. The molecule has 1 atom stereocenters. The molecule has 0 fully saturated rings. The average Bonchev–Trinajstić information content (AvgIpc) is 2.94. The second-order valence-electron chi connectivity index (χ2n) is 7.58. The van der Waals surface area contributed by atoms with Crippen LogP contribution < -0.4 is 0 Å². The van der Waals surface area contributed by atoms with Crippen molar-refractivity contribution >= 4 is 23.1 Å². The van der Waals surface area contributed by atoms with E-state index in [0.29, 0.717) is 0 Å². The van der Waals surface area contributed by atoms with E-state index in [1.807, 2.05) is 0 Å². The summed E-state index contributed by atoms with van der Waals surface area (Å²) in [4.78, 5) is 0. The molecule has 1 heteroatoms. The first-order valence-corrected chi connectivity index (χ1v) is 9.71. The lowest BCUT2D eigenvalue weighted by atomic mass is 9.79. The van der Waals surface area contributed by atoms with Crippen LogP contribution >= 0.6 is 0 Å².